The summed E-state index contributed by atoms with van der Waals surface area (Å²) in [5.74, 6) is 0.626. The Hall–Kier alpha value is -0.340. The minimum absolute atomic E-state index is 0.0486. The molecule has 0 aromatic carbocycles. The van der Waals surface area contributed by atoms with Crippen LogP contribution in [-0.2, 0) is 4.74 Å². The van der Waals surface area contributed by atoms with Gasteiger partial charge in [0.15, 0.2) is 0 Å². The standard InChI is InChI=1S/C11H20O2/c1-4-10-6-9(12)7-11(13-10)5-8(2)3/h4,8-12H,1,5-7H2,2-3H3/t9-,10-,11+/m1/s1. The molecule has 0 aliphatic carbocycles. The van der Waals surface area contributed by atoms with E-state index in [4.69, 9.17) is 4.74 Å². The molecule has 76 valence electrons. The highest BCUT2D eigenvalue weighted by molar-refractivity contribution is 4.88. The Morgan fingerprint density at radius 2 is 2.23 bits per heavy atom. The molecular weight excluding hydrogens is 164 g/mol. The van der Waals surface area contributed by atoms with Gasteiger partial charge in [-0.25, -0.2) is 0 Å². The molecule has 1 heterocycles. The molecule has 13 heavy (non-hydrogen) atoms. The molecule has 2 heteroatoms. The summed E-state index contributed by atoms with van der Waals surface area (Å²) in [6.07, 6.45) is 4.36. The summed E-state index contributed by atoms with van der Waals surface area (Å²) in [4.78, 5) is 0. The average Bonchev–Trinajstić information content (AvgIpc) is 2.01. The van der Waals surface area contributed by atoms with Gasteiger partial charge in [-0.05, 0) is 18.8 Å². The van der Waals surface area contributed by atoms with Crippen molar-refractivity contribution >= 4 is 0 Å². The highest BCUT2D eigenvalue weighted by atomic mass is 16.5. The van der Waals surface area contributed by atoms with Crippen LogP contribution in [0, 0.1) is 5.92 Å². The van der Waals surface area contributed by atoms with E-state index in [0.717, 1.165) is 12.8 Å². The molecule has 1 saturated heterocycles. The topological polar surface area (TPSA) is 29.5 Å². The van der Waals surface area contributed by atoms with Crippen LogP contribution in [-0.4, -0.2) is 23.4 Å². The Kier molecular flexibility index (Phi) is 3.94. The molecule has 0 saturated carbocycles. The predicted molar refractivity (Wildman–Crippen MR) is 53.6 cm³/mol. The van der Waals surface area contributed by atoms with Crippen molar-refractivity contribution in [3.63, 3.8) is 0 Å². The molecule has 1 aliphatic rings. The number of aliphatic hydroxyl groups excluding tert-OH is 1. The summed E-state index contributed by atoms with van der Waals surface area (Å²) in [6, 6.07) is 0. The van der Waals surface area contributed by atoms with Crippen molar-refractivity contribution in [2.45, 2.75) is 51.4 Å². The molecule has 3 atom stereocenters. The minimum atomic E-state index is -0.208. The molecule has 1 rings (SSSR count). The molecule has 0 aromatic heterocycles. The fourth-order valence-electron chi connectivity index (χ4n) is 1.86. The van der Waals surface area contributed by atoms with Crippen LogP contribution in [0.4, 0.5) is 0 Å². The number of hydrogen-bond acceptors (Lipinski definition) is 2. The lowest BCUT2D eigenvalue weighted by Gasteiger charge is -2.32. The van der Waals surface area contributed by atoms with Crippen LogP contribution in [0.1, 0.15) is 33.1 Å². The smallest absolute Gasteiger partial charge is 0.0781 e. The van der Waals surface area contributed by atoms with Crippen LogP contribution < -0.4 is 0 Å². The summed E-state index contributed by atoms with van der Waals surface area (Å²) >= 11 is 0. The first-order valence-corrected chi connectivity index (χ1v) is 5.08. The highest BCUT2D eigenvalue weighted by Gasteiger charge is 2.26. The van der Waals surface area contributed by atoms with E-state index in [-0.39, 0.29) is 18.3 Å². The molecule has 0 radical (unpaired) electrons. The van der Waals surface area contributed by atoms with Crippen molar-refractivity contribution < 1.29 is 9.84 Å². The SMILES string of the molecule is C=C[C@@H]1C[C@@H](O)C[C@H](CC(C)C)O1. The summed E-state index contributed by atoms with van der Waals surface area (Å²) in [6.45, 7) is 8.04. The second-order valence-electron chi connectivity index (χ2n) is 4.29. The van der Waals surface area contributed by atoms with Gasteiger partial charge in [-0.3, -0.25) is 0 Å². The van der Waals surface area contributed by atoms with Crippen molar-refractivity contribution in [1.82, 2.24) is 0 Å². The second kappa shape index (κ2) is 4.77. The highest BCUT2D eigenvalue weighted by Crippen LogP contribution is 2.24. The third-order valence-electron chi connectivity index (χ3n) is 2.40. The van der Waals surface area contributed by atoms with Gasteiger partial charge >= 0.3 is 0 Å². The third-order valence-corrected chi connectivity index (χ3v) is 2.40. The van der Waals surface area contributed by atoms with Gasteiger partial charge in [-0.2, -0.15) is 0 Å². The number of hydrogen-bond donors (Lipinski definition) is 1. The lowest BCUT2D eigenvalue weighted by atomic mass is 9.95. The molecular formula is C11H20O2. The molecule has 0 bridgehead atoms. The quantitative estimate of drug-likeness (QED) is 0.681. The molecule has 0 spiro atoms. The molecule has 0 amide bonds. The van der Waals surface area contributed by atoms with Gasteiger partial charge in [0, 0.05) is 6.42 Å². The second-order valence-corrected chi connectivity index (χ2v) is 4.29. The number of aliphatic hydroxyl groups is 1. The van der Waals surface area contributed by atoms with Crippen LogP contribution in [0.15, 0.2) is 12.7 Å². The lowest BCUT2D eigenvalue weighted by Crippen LogP contribution is -2.35. The zero-order valence-electron chi connectivity index (χ0n) is 8.57. The summed E-state index contributed by atoms with van der Waals surface area (Å²) < 4.78 is 5.74. The predicted octanol–water partition coefficient (Wildman–Crippen LogP) is 2.13. The Balaban J connectivity index is 2.42. The molecule has 0 aromatic rings. The van der Waals surface area contributed by atoms with Crippen LogP contribution in [0.2, 0.25) is 0 Å². The lowest BCUT2D eigenvalue weighted by molar-refractivity contribution is -0.0822. The molecule has 1 N–H and O–H groups in total. The summed E-state index contributed by atoms with van der Waals surface area (Å²) in [5, 5.41) is 9.57. The zero-order valence-corrected chi connectivity index (χ0v) is 8.57. The Morgan fingerprint density at radius 1 is 1.54 bits per heavy atom. The zero-order chi connectivity index (χ0) is 9.84. The van der Waals surface area contributed by atoms with Crippen LogP contribution in [0.3, 0.4) is 0 Å². The van der Waals surface area contributed by atoms with E-state index in [0.29, 0.717) is 12.3 Å². The monoisotopic (exact) mass is 184 g/mol. The van der Waals surface area contributed by atoms with Gasteiger partial charge in [0.05, 0.1) is 18.3 Å². The first-order chi connectivity index (χ1) is 6.11. The van der Waals surface area contributed by atoms with Crippen molar-refractivity contribution in [3.8, 4) is 0 Å². The van der Waals surface area contributed by atoms with E-state index in [1.54, 1.807) is 6.08 Å². The third kappa shape index (κ3) is 3.49. The maximum absolute atomic E-state index is 9.57. The number of rotatable bonds is 3. The minimum Gasteiger partial charge on any atom is -0.393 e. The van der Waals surface area contributed by atoms with Crippen LogP contribution in [0.25, 0.3) is 0 Å². The Labute approximate surface area is 80.6 Å². The van der Waals surface area contributed by atoms with E-state index in [1.807, 2.05) is 0 Å². The van der Waals surface area contributed by atoms with Gasteiger partial charge in [-0.1, -0.05) is 19.9 Å². The van der Waals surface area contributed by atoms with Gasteiger partial charge in [0.1, 0.15) is 0 Å². The first-order valence-electron chi connectivity index (χ1n) is 5.08. The largest absolute Gasteiger partial charge is 0.393 e. The molecule has 1 aliphatic heterocycles. The van der Waals surface area contributed by atoms with E-state index in [9.17, 15) is 5.11 Å². The van der Waals surface area contributed by atoms with E-state index >= 15 is 0 Å². The van der Waals surface area contributed by atoms with Crippen LogP contribution >= 0.6 is 0 Å². The number of ether oxygens (including phenoxy) is 1. The van der Waals surface area contributed by atoms with E-state index < -0.39 is 0 Å². The van der Waals surface area contributed by atoms with Gasteiger partial charge in [0.2, 0.25) is 0 Å². The maximum atomic E-state index is 9.57. The summed E-state index contributed by atoms with van der Waals surface area (Å²) in [5.41, 5.74) is 0. The van der Waals surface area contributed by atoms with E-state index in [2.05, 4.69) is 20.4 Å². The molecule has 1 fully saturated rings. The molecule has 0 unspecified atom stereocenters. The van der Waals surface area contributed by atoms with E-state index in [1.165, 1.54) is 0 Å². The normalized spacial score (nSPS) is 34.9. The summed E-state index contributed by atoms with van der Waals surface area (Å²) in [7, 11) is 0. The van der Waals surface area contributed by atoms with Crippen molar-refractivity contribution in [2.75, 3.05) is 0 Å². The first kappa shape index (κ1) is 10.7. The van der Waals surface area contributed by atoms with Gasteiger partial charge in [0.25, 0.3) is 0 Å². The Morgan fingerprint density at radius 3 is 2.77 bits per heavy atom. The maximum Gasteiger partial charge on any atom is 0.0781 e. The average molecular weight is 184 g/mol. The van der Waals surface area contributed by atoms with Gasteiger partial charge < -0.3 is 9.84 Å². The van der Waals surface area contributed by atoms with Crippen molar-refractivity contribution in [3.05, 3.63) is 12.7 Å². The Bertz CT molecular complexity index is 163. The van der Waals surface area contributed by atoms with Crippen molar-refractivity contribution in [1.29, 1.82) is 0 Å². The fraction of sp³-hybridized carbons (Fsp3) is 0.818. The fourth-order valence-corrected chi connectivity index (χ4v) is 1.86. The van der Waals surface area contributed by atoms with Crippen LogP contribution in [0.5, 0.6) is 0 Å². The van der Waals surface area contributed by atoms with Gasteiger partial charge in [-0.15, -0.1) is 6.58 Å². The van der Waals surface area contributed by atoms with Crippen molar-refractivity contribution in [2.24, 2.45) is 5.92 Å². The molecule has 2 nitrogen and oxygen atoms in total.